The van der Waals surface area contributed by atoms with E-state index in [0.29, 0.717) is 4.88 Å². The lowest BCUT2D eigenvalue weighted by Crippen LogP contribution is -2.20. The molecule has 1 aliphatic rings. The fraction of sp³-hybridized carbons (Fsp3) is 0.500. The average Bonchev–Trinajstić information content (AvgIpc) is 2.75. The molecule has 1 saturated heterocycles. The second kappa shape index (κ2) is 4.11. The van der Waals surface area contributed by atoms with E-state index in [1.165, 1.54) is 11.3 Å². The van der Waals surface area contributed by atoms with E-state index in [1.807, 2.05) is 19.1 Å². The third-order valence-corrected chi connectivity index (χ3v) is 3.21. The maximum Gasteiger partial charge on any atom is 0.348 e. The maximum atomic E-state index is 11.6. The van der Waals surface area contributed by atoms with Crippen molar-refractivity contribution in [1.29, 1.82) is 0 Å². The van der Waals surface area contributed by atoms with Gasteiger partial charge in [0.2, 0.25) is 0 Å². The van der Waals surface area contributed by atoms with Crippen molar-refractivity contribution in [3.05, 3.63) is 21.9 Å². The molecule has 0 amide bonds. The van der Waals surface area contributed by atoms with E-state index in [9.17, 15) is 4.79 Å². The van der Waals surface area contributed by atoms with Crippen LogP contribution >= 0.6 is 11.3 Å². The number of carbonyl (C=O) groups excluding carboxylic acids is 1. The summed E-state index contributed by atoms with van der Waals surface area (Å²) in [5.74, 6) is -0.184. The normalized spacial score (nSPS) is 21.1. The first-order valence-corrected chi connectivity index (χ1v) is 5.55. The second-order valence-corrected chi connectivity index (χ2v) is 4.72. The molecule has 1 fully saturated rings. The fourth-order valence-corrected chi connectivity index (χ4v) is 2.23. The highest BCUT2D eigenvalue weighted by Gasteiger charge is 2.20. The first kappa shape index (κ1) is 9.68. The number of ether oxygens (including phenoxy) is 1. The summed E-state index contributed by atoms with van der Waals surface area (Å²) in [7, 11) is 0. The second-order valence-electron chi connectivity index (χ2n) is 3.43. The summed E-state index contributed by atoms with van der Waals surface area (Å²) in [6, 6.07) is 3.76. The molecule has 14 heavy (non-hydrogen) atoms. The van der Waals surface area contributed by atoms with Crippen molar-refractivity contribution in [2.45, 2.75) is 19.4 Å². The molecule has 0 bridgehead atoms. The molecule has 2 heterocycles. The summed E-state index contributed by atoms with van der Waals surface area (Å²) < 4.78 is 5.32. The van der Waals surface area contributed by atoms with Gasteiger partial charge in [-0.15, -0.1) is 11.3 Å². The molecule has 0 spiro atoms. The van der Waals surface area contributed by atoms with Gasteiger partial charge in [-0.25, -0.2) is 4.79 Å². The largest absolute Gasteiger partial charge is 0.457 e. The van der Waals surface area contributed by atoms with Crippen LogP contribution < -0.4 is 5.32 Å². The zero-order valence-electron chi connectivity index (χ0n) is 8.08. The molecule has 1 atom stereocenters. The van der Waals surface area contributed by atoms with E-state index < -0.39 is 0 Å². The zero-order chi connectivity index (χ0) is 9.97. The Morgan fingerprint density at radius 2 is 2.50 bits per heavy atom. The van der Waals surface area contributed by atoms with Gasteiger partial charge in [0, 0.05) is 11.4 Å². The molecule has 0 unspecified atom stereocenters. The van der Waals surface area contributed by atoms with Crippen molar-refractivity contribution < 1.29 is 9.53 Å². The van der Waals surface area contributed by atoms with Gasteiger partial charge in [0.05, 0.1) is 0 Å². The van der Waals surface area contributed by atoms with E-state index in [4.69, 9.17) is 4.74 Å². The number of hydrogen-bond donors (Lipinski definition) is 1. The SMILES string of the molecule is Cc1ccc(C(=O)O[C@H]2CCNC2)s1. The van der Waals surface area contributed by atoms with Crippen molar-refractivity contribution in [1.82, 2.24) is 5.32 Å². The van der Waals surface area contributed by atoms with Crippen molar-refractivity contribution in [3.63, 3.8) is 0 Å². The lowest BCUT2D eigenvalue weighted by atomic mass is 10.3. The monoisotopic (exact) mass is 211 g/mol. The van der Waals surface area contributed by atoms with Crippen LogP contribution in [0.15, 0.2) is 12.1 Å². The van der Waals surface area contributed by atoms with Crippen LogP contribution in [0.25, 0.3) is 0 Å². The molecule has 0 saturated carbocycles. The van der Waals surface area contributed by atoms with Crippen LogP contribution in [-0.2, 0) is 4.74 Å². The van der Waals surface area contributed by atoms with Crippen molar-refractivity contribution in [3.8, 4) is 0 Å². The Labute approximate surface area is 87.1 Å². The molecule has 2 rings (SSSR count). The predicted molar refractivity (Wildman–Crippen MR) is 55.7 cm³/mol. The van der Waals surface area contributed by atoms with Gasteiger partial charge >= 0.3 is 5.97 Å². The number of rotatable bonds is 2. The van der Waals surface area contributed by atoms with E-state index in [0.717, 1.165) is 24.4 Å². The summed E-state index contributed by atoms with van der Waals surface area (Å²) >= 11 is 1.48. The minimum absolute atomic E-state index is 0.0601. The van der Waals surface area contributed by atoms with Gasteiger partial charge in [0.15, 0.2) is 0 Å². The maximum absolute atomic E-state index is 11.6. The first-order valence-electron chi connectivity index (χ1n) is 4.74. The quantitative estimate of drug-likeness (QED) is 0.755. The minimum Gasteiger partial charge on any atom is -0.457 e. The van der Waals surface area contributed by atoms with Gasteiger partial charge in [-0.2, -0.15) is 0 Å². The van der Waals surface area contributed by atoms with Crippen molar-refractivity contribution >= 4 is 17.3 Å². The Morgan fingerprint density at radius 3 is 3.07 bits per heavy atom. The summed E-state index contributed by atoms with van der Waals surface area (Å²) in [6.45, 7) is 3.72. The van der Waals surface area contributed by atoms with Crippen LogP contribution in [0.4, 0.5) is 0 Å². The van der Waals surface area contributed by atoms with Crippen molar-refractivity contribution in [2.75, 3.05) is 13.1 Å². The van der Waals surface area contributed by atoms with Crippen LogP contribution in [0.2, 0.25) is 0 Å². The summed E-state index contributed by atoms with van der Waals surface area (Å²) in [5.41, 5.74) is 0. The Balaban J connectivity index is 1.95. The van der Waals surface area contributed by atoms with Gasteiger partial charge in [-0.1, -0.05) is 0 Å². The van der Waals surface area contributed by atoms with Crippen LogP contribution in [0.1, 0.15) is 21.0 Å². The molecule has 76 valence electrons. The summed E-state index contributed by atoms with van der Waals surface area (Å²) in [4.78, 5) is 13.4. The summed E-state index contributed by atoms with van der Waals surface area (Å²) in [6.07, 6.45) is 0.987. The Bertz CT molecular complexity index is 329. The Kier molecular flexibility index (Phi) is 2.84. The van der Waals surface area contributed by atoms with Crippen LogP contribution in [0.5, 0.6) is 0 Å². The number of thiophene rings is 1. The molecule has 0 radical (unpaired) electrons. The van der Waals surface area contributed by atoms with Gasteiger partial charge < -0.3 is 10.1 Å². The van der Waals surface area contributed by atoms with Gasteiger partial charge in [0.1, 0.15) is 11.0 Å². The third kappa shape index (κ3) is 2.13. The first-order chi connectivity index (χ1) is 6.75. The molecule has 1 aromatic heterocycles. The Hall–Kier alpha value is -0.870. The van der Waals surface area contributed by atoms with E-state index in [2.05, 4.69) is 5.32 Å². The number of hydrogen-bond acceptors (Lipinski definition) is 4. The van der Waals surface area contributed by atoms with E-state index in [1.54, 1.807) is 0 Å². The molecule has 1 N–H and O–H groups in total. The zero-order valence-corrected chi connectivity index (χ0v) is 8.89. The highest BCUT2D eigenvalue weighted by atomic mass is 32.1. The topological polar surface area (TPSA) is 38.3 Å². The number of esters is 1. The molecular formula is C10H13NO2S. The smallest absolute Gasteiger partial charge is 0.348 e. The highest BCUT2D eigenvalue weighted by Crippen LogP contribution is 2.17. The minimum atomic E-state index is -0.184. The van der Waals surface area contributed by atoms with Gasteiger partial charge in [-0.05, 0) is 32.0 Å². The molecule has 4 heteroatoms. The lowest BCUT2D eigenvalue weighted by molar-refractivity contribution is 0.0350. The fourth-order valence-electron chi connectivity index (χ4n) is 1.48. The standard InChI is InChI=1S/C10H13NO2S/c1-7-2-3-9(14-7)10(12)13-8-4-5-11-6-8/h2-3,8,11H,4-6H2,1H3/t8-/m0/s1. The van der Waals surface area contributed by atoms with E-state index in [-0.39, 0.29) is 12.1 Å². The Morgan fingerprint density at radius 1 is 1.64 bits per heavy atom. The van der Waals surface area contributed by atoms with Gasteiger partial charge in [0.25, 0.3) is 0 Å². The number of carbonyl (C=O) groups is 1. The molecular weight excluding hydrogens is 198 g/mol. The average molecular weight is 211 g/mol. The molecule has 1 aromatic rings. The number of aryl methyl sites for hydroxylation is 1. The van der Waals surface area contributed by atoms with Crippen LogP contribution in [0.3, 0.4) is 0 Å². The molecule has 0 aromatic carbocycles. The molecule has 1 aliphatic heterocycles. The van der Waals surface area contributed by atoms with Gasteiger partial charge in [-0.3, -0.25) is 0 Å². The highest BCUT2D eigenvalue weighted by molar-refractivity contribution is 7.13. The predicted octanol–water partition coefficient (Wildman–Crippen LogP) is 1.58. The summed E-state index contributed by atoms with van der Waals surface area (Å²) in [5, 5.41) is 3.16. The van der Waals surface area contributed by atoms with Crippen LogP contribution in [-0.4, -0.2) is 25.2 Å². The number of nitrogens with one attached hydrogen (secondary N) is 1. The lowest BCUT2D eigenvalue weighted by Gasteiger charge is -2.08. The van der Waals surface area contributed by atoms with E-state index >= 15 is 0 Å². The van der Waals surface area contributed by atoms with Crippen LogP contribution in [0, 0.1) is 6.92 Å². The molecule has 0 aliphatic carbocycles. The third-order valence-electron chi connectivity index (χ3n) is 2.23. The molecule has 3 nitrogen and oxygen atoms in total. The van der Waals surface area contributed by atoms with Crippen molar-refractivity contribution in [2.24, 2.45) is 0 Å².